The summed E-state index contributed by atoms with van der Waals surface area (Å²) < 4.78 is 40.7. The zero-order valence-electron chi connectivity index (χ0n) is 11.0. The van der Waals surface area contributed by atoms with Crippen LogP contribution in [0.5, 0.6) is 0 Å². The van der Waals surface area contributed by atoms with Crippen molar-refractivity contribution >= 4 is 33.2 Å². The molecular weight excluding hydrogens is 323 g/mol. The first-order valence-electron chi connectivity index (χ1n) is 5.97. The lowest BCUT2D eigenvalue weighted by molar-refractivity contribution is -0.136. The van der Waals surface area contributed by atoms with Crippen LogP contribution in [0.1, 0.15) is 17.0 Å². The first kappa shape index (κ1) is 14.3. The van der Waals surface area contributed by atoms with Gasteiger partial charge in [-0.1, -0.05) is 22.9 Å². The molecule has 1 aromatic carbocycles. The van der Waals surface area contributed by atoms with Gasteiger partial charge < -0.3 is 0 Å². The Kier molecular flexibility index (Phi) is 3.22. The maximum absolute atomic E-state index is 13.1. The van der Waals surface area contributed by atoms with Gasteiger partial charge in [0, 0.05) is 5.69 Å². The zero-order chi connectivity index (χ0) is 15.4. The van der Waals surface area contributed by atoms with Gasteiger partial charge in [-0.2, -0.15) is 18.3 Å². The van der Waals surface area contributed by atoms with Gasteiger partial charge in [0.2, 0.25) is 5.13 Å². The number of aryl methyl sites for hydroxylation is 2. The second-order valence-electron chi connectivity index (χ2n) is 4.61. The van der Waals surface area contributed by atoms with Gasteiger partial charge in [-0.25, -0.2) is 9.67 Å². The summed E-state index contributed by atoms with van der Waals surface area (Å²) in [5.41, 5.74) is 0.997. The number of benzene rings is 1. The highest BCUT2D eigenvalue weighted by atomic mass is 35.5. The lowest BCUT2D eigenvalue weighted by Crippen LogP contribution is -2.04. The molecule has 0 spiro atoms. The number of aromatic nitrogens is 3. The summed E-state index contributed by atoms with van der Waals surface area (Å²) in [6.07, 6.45) is -4.44. The molecule has 0 aliphatic heterocycles. The molecule has 0 saturated heterocycles. The van der Waals surface area contributed by atoms with Gasteiger partial charge in [-0.3, -0.25) is 0 Å². The molecule has 0 bridgehead atoms. The standard InChI is InChI=1S/C13H9ClF3N3S/c1-6-5-7(2)20(19-6)12-18-10-9(14)4-3-8(11(10)21-12)13(15,16)17/h3-5H,1-2H3. The maximum Gasteiger partial charge on any atom is 0.417 e. The molecule has 3 nitrogen and oxygen atoms in total. The predicted molar refractivity (Wildman–Crippen MR) is 76.2 cm³/mol. The molecule has 3 rings (SSSR count). The molecule has 0 fully saturated rings. The Morgan fingerprint density at radius 3 is 2.52 bits per heavy atom. The topological polar surface area (TPSA) is 30.7 Å². The number of nitrogens with zero attached hydrogens (tertiary/aromatic N) is 3. The van der Waals surface area contributed by atoms with Crippen molar-refractivity contribution in [1.29, 1.82) is 0 Å². The number of alkyl halides is 3. The van der Waals surface area contributed by atoms with Gasteiger partial charge in [0.05, 0.1) is 21.0 Å². The molecule has 0 amide bonds. The normalized spacial score (nSPS) is 12.3. The Morgan fingerprint density at radius 2 is 1.95 bits per heavy atom. The quantitative estimate of drug-likeness (QED) is 0.643. The number of halogens is 4. The molecule has 8 heteroatoms. The minimum Gasteiger partial charge on any atom is -0.217 e. The van der Waals surface area contributed by atoms with Crippen LogP contribution in [0.2, 0.25) is 5.02 Å². The van der Waals surface area contributed by atoms with E-state index < -0.39 is 11.7 Å². The van der Waals surface area contributed by atoms with Crippen molar-refractivity contribution in [3.63, 3.8) is 0 Å². The van der Waals surface area contributed by atoms with Gasteiger partial charge >= 0.3 is 6.18 Å². The van der Waals surface area contributed by atoms with Crippen LogP contribution in [0.3, 0.4) is 0 Å². The summed E-state index contributed by atoms with van der Waals surface area (Å²) >= 11 is 6.90. The van der Waals surface area contributed by atoms with Crippen LogP contribution >= 0.6 is 22.9 Å². The van der Waals surface area contributed by atoms with Crippen molar-refractivity contribution < 1.29 is 13.2 Å². The first-order valence-corrected chi connectivity index (χ1v) is 7.16. The number of thiazole rings is 1. The SMILES string of the molecule is Cc1cc(C)n(-c2nc3c(Cl)ccc(C(F)(F)F)c3s2)n1. The fourth-order valence-electron chi connectivity index (χ4n) is 2.10. The van der Waals surface area contributed by atoms with Gasteiger partial charge in [-0.05, 0) is 32.0 Å². The van der Waals surface area contributed by atoms with E-state index in [1.165, 1.54) is 10.7 Å². The minimum atomic E-state index is -4.44. The molecule has 2 aromatic heterocycles. The number of rotatable bonds is 1. The largest absolute Gasteiger partial charge is 0.417 e. The number of hydrogen-bond donors (Lipinski definition) is 0. The van der Waals surface area contributed by atoms with Crippen molar-refractivity contribution in [3.8, 4) is 5.13 Å². The molecule has 2 heterocycles. The summed E-state index contributed by atoms with van der Waals surface area (Å²) in [5, 5.41) is 4.80. The van der Waals surface area contributed by atoms with Crippen LogP contribution in [0.25, 0.3) is 15.3 Å². The molecule has 0 saturated carbocycles. The molecule has 21 heavy (non-hydrogen) atoms. The van der Waals surface area contributed by atoms with Crippen molar-refractivity contribution in [2.24, 2.45) is 0 Å². The third-order valence-corrected chi connectivity index (χ3v) is 4.35. The van der Waals surface area contributed by atoms with Crippen LogP contribution in [0.4, 0.5) is 13.2 Å². The average Bonchev–Trinajstić information content (AvgIpc) is 2.92. The van der Waals surface area contributed by atoms with Crippen molar-refractivity contribution in [1.82, 2.24) is 14.8 Å². The third kappa shape index (κ3) is 2.40. The Bertz CT molecular complexity index is 835. The Hall–Kier alpha value is -1.60. The lowest BCUT2D eigenvalue weighted by atomic mass is 10.2. The van der Waals surface area contributed by atoms with E-state index in [1.807, 2.05) is 19.9 Å². The highest BCUT2D eigenvalue weighted by molar-refractivity contribution is 7.21. The Balaban J connectivity index is 2.29. The second-order valence-corrected chi connectivity index (χ2v) is 5.99. The van der Waals surface area contributed by atoms with Gasteiger partial charge in [0.15, 0.2) is 0 Å². The van der Waals surface area contributed by atoms with Crippen molar-refractivity contribution in [2.75, 3.05) is 0 Å². The number of fused-ring (bicyclic) bond motifs is 1. The van der Waals surface area contributed by atoms with Crippen molar-refractivity contribution in [2.45, 2.75) is 20.0 Å². The molecule has 0 aliphatic carbocycles. The highest BCUT2D eigenvalue weighted by Gasteiger charge is 2.34. The van der Waals surface area contributed by atoms with Crippen LogP contribution in [-0.4, -0.2) is 14.8 Å². The second kappa shape index (κ2) is 4.71. The Morgan fingerprint density at radius 1 is 1.24 bits per heavy atom. The zero-order valence-corrected chi connectivity index (χ0v) is 12.6. The van der Waals surface area contributed by atoms with E-state index in [1.54, 1.807) is 0 Å². The summed E-state index contributed by atoms with van der Waals surface area (Å²) in [6.45, 7) is 3.63. The first-order chi connectivity index (χ1) is 9.77. The molecule has 0 unspecified atom stereocenters. The molecule has 0 radical (unpaired) electrons. The van der Waals surface area contributed by atoms with Crippen LogP contribution in [0.15, 0.2) is 18.2 Å². The summed E-state index contributed by atoms with van der Waals surface area (Å²) in [5.74, 6) is 0. The van der Waals surface area contributed by atoms with E-state index in [4.69, 9.17) is 11.6 Å². The van der Waals surface area contributed by atoms with E-state index in [-0.39, 0.29) is 15.2 Å². The van der Waals surface area contributed by atoms with Gasteiger partial charge in [-0.15, -0.1) is 0 Å². The van der Waals surface area contributed by atoms with Crippen LogP contribution in [-0.2, 0) is 6.18 Å². The lowest BCUT2D eigenvalue weighted by Gasteiger charge is -2.07. The van der Waals surface area contributed by atoms with E-state index in [2.05, 4.69) is 10.1 Å². The highest BCUT2D eigenvalue weighted by Crippen LogP contribution is 2.40. The third-order valence-electron chi connectivity index (χ3n) is 2.98. The molecule has 3 aromatic rings. The van der Waals surface area contributed by atoms with Crippen LogP contribution in [0, 0.1) is 13.8 Å². The van der Waals surface area contributed by atoms with E-state index >= 15 is 0 Å². The van der Waals surface area contributed by atoms with E-state index in [9.17, 15) is 13.2 Å². The summed E-state index contributed by atoms with van der Waals surface area (Å²) in [6, 6.07) is 4.03. The average molecular weight is 332 g/mol. The van der Waals surface area contributed by atoms with Gasteiger partial charge in [0.1, 0.15) is 5.52 Å². The maximum atomic E-state index is 13.1. The number of hydrogen-bond acceptors (Lipinski definition) is 3. The Labute approximate surface area is 127 Å². The van der Waals surface area contributed by atoms with Gasteiger partial charge in [0.25, 0.3) is 0 Å². The summed E-state index contributed by atoms with van der Waals surface area (Å²) in [4.78, 5) is 4.22. The fourth-order valence-corrected chi connectivity index (χ4v) is 3.49. The predicted octanol–water partition coefficient (Wildman–Crippen LogP) is 4.77. The smallest absolute Gasteiger partial charge is 0.217 e. The molecular formula is C13H9ClF3N3S. The summed E-state index contributed by atoms with van der Waals surface area (Å²) in [7, 11) is 0. The molecule has 0 N–H and O–H groups in total. The fraction of sp³-hybridized carbons (Fsp3) is 0.231. The minimum absolute atomic E-state index is 0.0255. The van der Waals surface area contributed by atoms with E-state index in [0.29, 0.717) is 5.13 Å². The van der Waals surface area contributed by atoms with Crippen molar-refractivity contribution in [3.05, 3.63) is 40.2 Å². The monoisotopic (exact) mass is 331 g/mol. The molecule has 0 atom stereocenters. The molecule has 110 valence electrons. The molecule has 0 aliphatic rings. The van der Waals surface area contributed by atoms with E-state index in [0.717, 1.165) is 28.8 Å². The van der Waals surface area contributed by atoms with Crippen LogP contribution < -0.4 is 0 Å².